The van der Waals surface area contributed by atoms with E-state index in [0.29, 0.717) is 5.57 Å². The van der Waals surface area contributed by atoms with Crippen molar-refractivity contribution >= 4 is 11.4 Å². The van der Waals surface area contributed by atoms with E-state index in [9.17, 15) is 10.1 Å². The Kier molecular flexibility index (Phi) is 4.68. The lowest BCUT2D eigenvalue weighted by Gasteiger charge is -2.12. The van der Waals surface area contributed by atoms with Gasteiger partial charge in [-0.15, -0.1) is 0 Å². The van der Waals surface area contributed by atoms with Crippen molar-refractivity contribution in [1.29, 1.82) is 5.26 Å². The van der Waals surface area contributed by atoms with Gasteiger partial charge < -0.3 is 0 Å². The van der Waals surface area contributed by atoms with Crippen molar-refractivity contribution in [1.82, 2.24) is 0 Å². The van der Waals surface area contributed by atoms with Crippen LogP contribution in [0.15, 0.2) is 66.2 Å². The molecule has 0 aliphatic heterocycles. The lowest BCUT2D eigenvalue weighted by Crippen LogP contribution is -2.11. The first kappa shape index (κ1) is 14.7. The van der Waals surface area contributed by atoms with Crippen LogP contribution in [-0.4, -0.2) is 5.78 Å². The Morgan fingerprint density at radius 3 is 1.67 bits per heavy atom. The fourth-order valence-electron chi connectivity index (χ4n) is 2.19. The molecule has 0 saturated carbocycles. The molecule has 0 spiro atoms. The van der Waals surface area contributed by atoms with Gasteiger partial charge in [0.15, 0.2) is 5.78 Å². The lowest BCUT2D eigenvalue weighted by molar-refractivity contribution is -0.117. The number of hydrogen-bond donors (Lipinski definition) is 0. The highest BCUT2D eigenvalue weighted by atomic mass is 16.1. The van der Waals surface area contributed by atoms with Gasteiger partial charge >= 0.3 is 0 Å². The van der Waals surface area contributed by atoms with Gasteiger partial charge in [-0.25, -0.2) is 0 Å². The predicted molar refractivity (Wildman–Crippen MR) is 84.4 cm³/mol. The molecule has 0 unspecified atom stereocenters. The summed E-state index contributed by atoms with van der Waals surface area (Å²) in [5, 5.41) is 9.51. The average molecular weight is 275 g/mol. The minimum atomic E-state index is -0.206. The number of Topliss-reactive ketones (excluding diaryl/α,β-unsaturated/α-hetero) is 1. The summed E-state index contributed by atoms with van der Waals surface area (Å²) in [4.78, 5) is 12.4. The first-order valence-corrected chi connectivity index (χ1v) is 6.94. The fraction of sp³-hybridized carbons (Fsp3) is 0.158. The summed E-state index contributed by atoms with van der Waals surface area (Å²) < 4.78 is 0. The second-order valence-electron chi connectivity index (χ2n) is 5.11. The van der Waals surface area contributed by atoms with Gasteiger partial charge in [0.25, 0.3) is 0 Å². The van der Waals surface area contributed by atoms with Crippen LogP contribution in [0.4, 0.5) is 0 Å². The molecule has 0 heterocycles. The summed E-state index contributed by atoms with van der Waals surface area (Å²) in [5.74, 6) is -0.331. The molecule has 2 aromatic rings. The van der Waals surface area contributed by atoms with Crippen LogP contribution in [0, 0.1) is 17.2 Å². The molecule has 0 atom stereocenters. The summed E-state index contributed by atoms with van der Waals surface area (Å²) in [6.45, 7) is 3.63. The molecule has 0 fully saturated rings. The van der Waals surface area contributed by atoms with Crippen molar-refractivity contribution in [3.05, 3.63) is 77.4 Å². The van der Waals surface area contributed by atoms with Crippen molar-refractivity contribution in [2.45, 2.75) is 13.8 Å². The second-order valence-corrected chi connectivity index (χ2v) is 5.11. The number of carbonyl (C=O) groups is 1. The first-order valence-electron chi connectivity index (χ1n) is 6.94. The fourth-order valence-corrected chi connectivity index (χ4v) is 2.19. The quantitative estimate of drug-likeness (QED) is 0.618. The second kappa shape index (κ2) is 6.67. The number of allylic oxidation sites excluding steroid dienone is 1. The topological polar surface area (TPSA) is 40.9 Å². The largest absolute Gasteiger partial charge is 0.293 e. The van der Waals surface area contributed by atoms with Crippen LogP contribution in [0.3, 0.4) is 0 Å². The van der Waals surface area contributed by atoms with Gasteiger partial charge in [0.05, 0.1) is 0 Å². The molecule has 104 valence electrons. The van der Waals surface area contributed by atoms with Gasteiger partial charge in [-0.2, -0.15) is 5.26 Å². The molecule has 0 amide bonds. The lowest BCUT2D eigenvalue weighted by atomic mass is 9.89. The number of ketones is 1. The molecule has 0 aliphatic rings. The summed E-state index contributed by atoms with van der Waals surface area (Å²) in [5.41, 5.74) is 2.70. The summed E-state index contributed by atoms with van der Waals surface area (Å²) in [7, 11) is 0. The molecule has 0 aromatic heterocycles. The Bertz CT molecular complexity index is 650. The van der Waals surface area contributed by atoms with Gasteiger partial charge in [-0.05, 0) is 11.1 Å². The Morgan fingerprint density at radius 1 is 0.905 bits per heavy atom. The van der Waals surface area contributed by atoms with Crippen molar-refractivity contribution in [3.63, 3.8) is 0 Å². The highest BCUT2D eigenvalue weighted by molar-refractivity contribution is 6.09. The molecular weight excluding hydrogens is 258 g/mol. The van der Waals surface area contributed by atoms with E-state index in [2.05, 4.69) is 6.07 Å². The molecule has 0 N–H and O–H groups in total. The number of rotatable bonds is 4. The van der Waals surface area contributed by atoms with Gasteiger partial charge in [-0.1, -0.05) is 74.5 Å². The molecule has 0 saturated heterocycles. The van der Waals surface area contributed by atoms with Gasteiger partial charge in [0.1, 0.15) is 11.6 Å². The molecule has 0 radical (unpaired) electrons. The maximum atomic E-state index is 12.4. The zero-order valence-corrected chi connectivity index (χ0v) is 12.2. The normalized spacial score (nSPS) is 10.0. The minimum absolute atomic E-state index is 0.125. The molecule has 0 bridgehead atoms. The standard InChI is InChI=1S/C19H17NO/c1-14(2)19(21)17(13-20)18(15-9-5-3-6-10-15)16-11-7-4-8-12-16/h3-12,14H,1-2H3. The number of carbonyl (C=O) groups excluding carboxylic acids is 1. The van der Waals surface area contributed by atoms with E-state index in [4.69, 9.17) is 0 Å². The molecule has 2 rings (SSSR count). The van der Waals surface area contributed by atoms with E-state index in [-0.39, 0.29) is 17.3 Å². The number of nitrogens with zero attached hydrogens (tertiary/aromatic N) is 1. The molecule has 2 nitrogen and oxygen atoms in total. The van der Waals surface area contributed by atoms with Crippen LogP contribution >= 0.6 is 0 Å². The Hall–Kier alpha value is -2.66. The van der Waals surface area contributed by atoms with Gasteiger partial charge in [0, 0.05) is 11.5 Å². The van der Waals surface area contributed by atoms with E-state index in [1.54, 1.807) is 0 Å². The summed E-state index contributed by atoms with van der Waals surface area (Å²) in [6.07, 6.45) is 0. The van der Waals surface area contributed by atoms with Crippen molar-refractivity contribution in [2.75, 3.05) is 0 Å². The predicted octanol–water partition coefficient (Wildman–Crippen LogP) is 4.24. The first-order chi connectivity index (χ1) is 10.1. The number of benzene rings is 2. The van der Waals surface area contributed by atoms with Gasteiger partial charge in [-0.3, -0.25) is 4.79 Å². The van der Waals surface area contributed by atoms with E-state index in [1.165, 1.54) is 0 Å². The van der Waals surface area contributed by atoms with E-state index < -0.39 is 0 Å². The third-order valence-corrected chi connectivity index (χ3v) is 3.26. The minimum Gasteiger partial charge on any atom is -0.293 e. The zero-order chi connectivity index (χ0) is 15.2. The van der Waals surface area contributed by atoms with Crippen molar-refractivity contribution in [2.24, 2.45) is 5.92 Å². The molecule has 2 heteroatoms. The smallest absolute Gasteiger partial charge is 0.176 e. The maximum absolute atomic E-state index is 12.4. The van der Waals surface area contributed by atoms with Crippen LogP contribution < -0.4 is 0 Å². The Balaban J connectivity index is 2.72. The summed E-state index contributed by atoms with van der Waals surface area (Å²) >= 11 is 0. The van der Waals surface area contributed by atoms with Crippen LogP contribution in [0.5, 0.6) is 0 Å². The monoisotopic (exact) mass is 275 g/mol. The van der Waals surface area contributed by atoms with Crippen LogP contribution in [-0.2, 0) is 4.79 Å². The van der Waals surface area contributed by atoms with E-state index >= 15 is 0 Å². The van der Waals surface area contributed by atoms with E-state index in [1.807, 2.05) is 74.5 Å². The van der Waals surface area contributed by atoms with E-state index in [0.717, 1.165) is 11.1 Å². The van der Waals surface area contributed by atoms with Crippen molar-refractivity contribution in [3.8, 4) is 6.07 Å². The van der Waals surface area contributed by atoms with Crippen LogP contribution in [0.2, 0.25) is 0 Å². The maximum Gasteiger partial charge on any atom is 0.176 e. The molecular formula is C19H17NO. The highest BCUT2D eigenvalue weighted by Gasteiger charge is 2.20. The number of hydrogen-bond acceptors (Lipinski definition) is 2. The molecule has 21 heavy (non-hydrogen) atoms. The number of nitriles is 1. The molecule has 0 aliphatic carbocycles. The average Bonchev–Trinajstić information content (AvgIpc) is 2.53. The van der Waals surface area contributed by atoms with Crippen LogP contribution in [0.1, 0.15) is 25.0 Å². The molecule has 2 aromatic carbocycles. The van der Waals surface area contributed by atoms with Gasteiger partial charge in [0.2, 0.25) is 0 Å². The third-order valence-electron chi connectivity index (χ3n) is 3.26. The Morgan fingerprint density at radius 2 is 1.33 bits per heavy atom. The van der Waals surface area contributed by atoms with Crippen LogP contribution in [0.25, 0.3) is 5.57 Å². The SMILES string of the molecule is CC(C)C(=O)C(C#N)=C(c1ccccc1)c1ccccc1. The third kappa shape index (κ3) is 3.27. The summed E-state index contributed by atoms with van der Waals surface area (Å²) in [6, 6.07) is 21.3. The zero-order valence-electron chi connectivity index (χ0n) is 12.2. The Labute approximate surface area is 125 Å². The van der Waals surface area contributed by atoms with Crippen molar-refractivity contribution < 1.29 is 4.79 Å². The highest BCUT2D eigenvalue weighted by Crippen LogP contribution is 2.28.